The zero-order valence-corrected chi connectivity index (χ0v) is 30.5. The molecule has 55 heavy (non-hydrogen) atoms. The van der Waals surface area contributed by atoms with Gasteiger partial charge in [0.05, 0.1) is 22.2 Å². The Kier molecular flexibility index (Phi) is 6.56. The van der Waals surface area contributed by atoms with Gasteiger partial charge in [0.2, 0.25) is 5.95 Å². The number of para-hydroxylation sites is 1. The summed E-state index contributed by atoms with van der Waals surface area (Å²) in [6.07, 6.45) is 6.01. The van der Waals surface area contributed by atoms with Crippen molar-refractivity contribution in [2.45, 2.75) is 37.5 Å². The molecule has 1 fully saturated rings. The summed E-state index contributed by atoms with van der Waals surface area (Å²) in [6, 6.07) is 59.9. The van der Waals surface area contributed by atoms with Crippen LogP contribution in [0.15, 0.2) is 164 Å². The summed E-state index contributed by atoms with van der Waals surface area (Å²) >= 11 is 0. The summed E-state index contributed by atoms with van der Waals surface area (Å²) in [4.78, 5) is 11.2. The van der Waals surface area contributed by atoms with Crippen molar-refractivity contribution < 1.29 is 0 Å². The summed E-state index contributed by atoms with van der Waals surface area (Å²) in [5.41, 5.74) is 13.5. The van der Waals surface area contributed by atoms with E-state index in [1.165, 1.54) is 96.0 Å². The maximum Gasteiger partial charge on any atom is 0.235 e. The molecule has 0 bridgehead atoms. The predicted octanol–water partition coefficient (Wildman–Crippen LogP) is 13.6. The molecule has 2 aromatic heterocycles. The van der Waals surface area contributed by atoms with Gasteiger partial charge in [0.25, 0.3) is 0 Å². The second-order valence-corrected chi connectivity index (χ2v) is 15.6. The van der Waals surface area contributed by atoms with Crippen LogP contribution >= 0.6 is 0 Å². The molecule has 0 amide bonds. The van der Waals surface area contributed by atoms with Crippen molar-refractivity contribution in [3.05, 3.63) is 175 Å². The van der Waals surface area contributed by atoms with Gasteiger partial charge in [-0.3, -0.25) is 4.57 Å². The molecular weight excluding hydrogens is 667 g/mol. The Morgan fingerprint density at radius 2 is 1.11 bits per heavy atom. The van der Waals surface area contributed by atoms with Crippen LogP contribution in [0.4, 0.5) is 0 Å². The molecule has 10 aromatic rings. The largest absolute Gasteiger partial charge is 0.277 e. The van der Waals surface area contributed by atoms with Crippen LogP contribution in [-0.2, 0) is 5.41 Å². The molecule has 1 spiro atoms. The molecule has 8 aromatic carbocycles. The summed E-state index contributed by atoms with van der Waals surface area (Å²) in [6.45, 7) is 0. The van der Waals surface area contributed by atoms with Gasteiger partial charge in [0.1, 0.15) is 0 Å². The Morgan fingerprint density at radius 3 is 1.95 bits per heavy atom. The number of hydrogen-bond acceptors (Lipinski definition) is 2. The molecule has 2 aliphatic rings. The summed E-state index contributed by atoms with van der Waals surface area (Å²) in [5, 5.41) is 8.66. The van der Waals surface area contributed by atoms with Crippen LogP contribution in [-0.4, -0.2) is 14.5 Å². The standard InChI is InChI=1S/C52H37N3/c1-3-15-33(16-4-1)34-25-27-36(28-26-34)48-41-22-10-12-24-44(41)53-51(54-48)55-49-37-18-6-5-17-35(37)29-30-42(49)46-39-20-8-7-19-38(39)45-40-21-9-11-23-43(40)52(47(45)50(46)55)31-13-2-14-32-52/h1,3-12,15-30H,2,13-14,31-32H2. The molecule has 0 N–H and O–H groups in total. The lowest BCUT2D eigenvalue weighted by Gasteiger charge is -2.36. The summed E-state index contributed by atoms with van der Waals surface area (Å²) < 4.78 is 2.48. The minimum absolute atomic E-state index is 0.0820. The molecule has 3 nitrogen and oxygen atoms in total. The Bertz CT molecular complexity index is 3170. The van der Waals surface area contributed by atoms with Crippen LogP contribution in [0.3, 0.4) is 0 Å². The van der Waals surface area contributed by atoms with Gasteiger partial charge >= 0.3 is 0 Å². The van der Waals surface area contributed by atoms with Crippen molar-refractivity contribution >= 4 is 54.3 Å². The predicted molar refractivity (Wildman–Crippen MR) is 229 cm³/mol. The number of fused-ring (bicyclic) bond motifs is 15. The first-order chi connectivity index (χ1) is 27.3. The van der Waals surface area contributed by atoms with E-state index in [4.69, 9.17) is 9.97 Å². The molecule has 0 saturated heterocycles. The van der Waals surface area contributed by atoms with Crippen LogP contribution in [0.5, 0.6) is 0 Å². The first-order valence-electron chi connectivity index (χ1n) is 19.7. The fraction of sp³-hybridized carbons (Fsp3) is 0.115. The highest BCUT2D eigenvalue weighted by atomic mass is 15.2. The van der Waals surface area contributed by atoms with Crippen LogP contribution < -0.4 is 0 Å². The highest BCUT2D eigenvalue weighted by Crippen LogP contribution is 2.61. The zero-order chi connectivity index (χ0) is 36.1. The molecule has 12 rings (SSSR count). The Balaban J connectivity index is 1.26. The summed E-state index contributed by atoms with van der Waals surface area (Å²) in [7, 11) is 0. The molecule has 0 atom stereocenters. The molecule has 0 aliphatic heterocycles. The van der Waals surface area contributed by atoms with Gasteiger partial charge < -0.3 is 0 Å². The molecule has 0 unspecified atom stereocenters. The highest BCUT2D eigenvalue weighted by molar-refractivity contribution is 6.30. The maximum atomic E-state index is 5.66. The Labute approximate surface area is 319 Å². The third-order valence-corrected chi connectivity index (χ3v) is 12.8. The second kappa shape index (κ2) is 11.7. The third-order valence-electron chi connectivity index (χ3n) is 12.8. The van der Waals surface area contributed by atoms with E-state index in [1.807, 2.05) is 0 Å². The van der Waals surface area contributed by atoms with Gasteiger partial charge in [-0.05, 0) is 68.4 Å². The molecule has 2 heterocycles. The molecule has 260 valence electrons. The van der Waals surface area contributed by atoms with Crippen molar-refractivity contribution in [2.24, 2.45) is 0 Å². The number of aromatic nitrogens is 3. The second-order valence-electron chi connectivity index (χ2n) is 15.6. The van der Waals surface area contributed by atoms with Gasteiger partial charge in [0, 0.05) is 32.5 Å². The summed E-state index contributed by atoms with van der Waals surface area (Å²) in [5.74, 6) is 0.719. The fourth-order valence-corrected chi connectivity index (χ4v) is 10.4. The van der Waals surface area contributed by atoms with Crippen molar-refractivity contribution in [1.29, 1.82) is 0 Å². The van der Waals surface area contributed by atoms with E-state index in [1.54, 1.807) is 0 Å². The zero-order valence-electron chi connectivity index (χ0n) is 30.5. The van der Waals surface area contributed by atoms with E-state index < -0.39 is 0 Å². The average molecular weight is 704 g/mol. The Morgan fingerprint density at radius 1 is 0.455 bits per heavy atom. The van der Waals surface area contributed by atoms with Gasteiger partial charge in [0.15, 0.2) is 0 Å². The van der Waals surface area contributed by atoms with Crippen LogP contribution in [0, 0.1) is 0 Å². The van der Waals surface area contributed by atoms with Gasteiger partial charge in [-0.25, -0.2) is 9.97 Å². The fourth-order valence-electron chi connectivity index (χ4n) is 10.4. The number of rotatable bonds is 3. The SMILES string of the molecule is c1ccc(-c2ccc(-c3nc(-n4c5c6c(c7ccccc7c5c5ccc7ccccc7c54)-c4ccccc4C64CCCCC4)nc4ccccc34)cc2)cc1. The normalized spacial score (nSPS) is 14.7. The first kappa shape index (κ1) is 30.8. The Hall–Kier alpha value is -6.58. The van der Waals surface area contributed by atoms with E-state index in [0.717, 1.165) is 41.0 Å². The van der Waals surface area contributed by atoms with E-state index >= 15 is 0 Å². The van der Waals surface area contributed by atoms with E-state index in [0.29, 0.717) is 0 Å². The smallest absolute Gasteiger partial charge is 0.235 e. The topological polar surface area (TPSA) is 30.7 Å². The lowest BCUT2D eigenvalue weighted by molar-refractivity contribution is 0.354. The van der Waals surface area contributed by atoms with Gasteiger partial charge in [-0.1, -0.05) is 177 Å². The molecule has 2 aliphatic carbocycles. The highest BCUT2D eigenvalue weighted by Gasteiger charge is 2.47. The lowest BCUT2D eigenvalue weighted by atomic mass is 9.67. The van der Waals surface area contributed by atoms with Crippen LogP contribution in [0.2, 0.25) is 0 Å². The van der Waals surface area contributed by atoms with Crippen molar-refractivity contribution in [1.82, 2.24) is 14.5 Å². The van der Waals surface area contributed by atoms with Crippen molar-refractivity contribution in [2.75, 3.05) is 0 Å². The maximum absolute atomic E-state index is 5.66. The quantitative estimate of drug-likeness (QED) is 0.183. The minimum Gasteiger partial charge on any atom is -0.277 e. The van der Waals surface area contributed by atoms with Crippen LogP contribution in [0.1, 0.15) is 43.2 Å². The van der Waals surface area contributed by atoms with E-state index in [2.05, 4.69) is 168 Å². The first-order valence-corrected chi connectivity index (χ1v) is 19.7. The average Bonchev–Trinajstić information content (AvgIpc) is 3.75. The lowest BCUT2D eigenvalue weighted by Crippen LogP contribution is -2.28. The van der Waals surface area contributed by atoms with Crippen molar-refractivity contribution in [3.8, 4) is 39.5 Å². The monoisotopic (exact) mass is 703 g/mol. The number of benzene rings is 8. The van der Waals surface area contributed by atoms with E-state index in [9.17, 15) is 0 Å². The molecule has 1 saturated carbocycles. The minimum atomic E-state index is -0.0820. The van der Waals surface area contributed by atoms with Gasteiger partial charge in [-0.2, -0.15) is 0 Å². The molecule has 0 radical (unpaired) electrons. The van der Waals surface area contributed by atoms with Gasteiger partial charge in [-0.15, -0.1) is 0 Å². The molecular formula is C52H37N3. The van der Waals surface area contributed by atoms with Crippen LogP contribution in [0.25, 0.3) is 93.7 Å². The molecule has 3 heteroatoms. The third kappa shape index (κ3) is 4.32. The van der Waals surface area contributed by atoms with Crippen molar-refractivity contribution in [3.63, 3.8) is 0 Å². The van der Waals surface area contributed by atoms with E-state index in [-0.39, 0.29) is 5.41 Å². The number of hydrogen-bond donors (Lipinski definition) is 0. The number of nitrogens with zero attached hydrogens (tertiary/aromatic N) is 3.